The number of amides is 4. The fourth-order valence-electron chi connectivity index (χ4n) is 3.23. The van der Waals surface area contributed by atoms with Crippen LogP contribution in [-0.2, 0) is 38.2 Å². The molecule has 1 heterocycles. The zero-order valence-electron chi connectivity index (χ0n) is 21.8. The Morgan fingerprint density at radius 2 is 1.00 bits per heavy atom. The molecule has 0 aliphatic carbocycles. The van der Waals surface area contributed by atoms with E-state index in [1.54, 1.807) is 0 Å². The van der Waals surface area contributed by atoms with Crippen molar-refractivity contribution < 1.29 is 43.0 Å². The topological polar surface area (TPSA) is 137 Å². The van der Waals surface area contributed by atoms with Gasteiger partial charge >= 0.3 is 23.9 Å². The minimum atomic E-state index is -1.09. The number of unbranched alkanes of at least 4 members (excludes halogenated alkanes) is 1. The third-order valence-electron chi connectivity index (χ3n) is 5.27. The van der Waals surface area contributed by atoms with E-state index in [-0.39, 0.29) is 68.9 Å². The van der Waals surface area contributed by atoms with E-state index < -0.39 is 41.7 Å². The van der Waals surface area contributed by atoms with Crippen molar-refractivity contribution in [1.82, 2.24) is 9.80 Å². The number of urea groups is 1. The SMILES string of the molecule is C=C(C)C(=O)OCCCCC1C(=O)N(CCCOC(=O)C(=C)C)C(=O)N(CCCOC(=O)C(=C)C)C1=O. The van der Waals surface area contributed by atoms with Gasteiger partial charge in [-0.2, -0.15) is 0 Å². The summed E-state index contributed by atoms with van der Waals surface area (Å²) < 4.78 is 15.1. The van der Waals surface area contributed by atoms with Crippen LogP contribution in [0.15, 0.2) is 36.5 Å². The number of nitrogens with zero attached hydrogens (tertiary/aromatic N) is 2. The second-order valence-corrected chi connectivity index (χ2v) is 8.77. The summed E-state index contributed by atoms with van der Waals surface area (Å²) in [5.41, 5.74) is 0.719. The first-order valence-corrected chi connectivity index (χ1v) is 12.0. The number of imide groups is 2. The molecule has 1 saturated heterocycles. The van der Waals surface area contributed by atoms with Gasteiger partial charge in [0.1, 0.15) is 5.92 Å². The summed E-state index contributed by atoms with van der Waals surface area (Å²) in [7, 11) is 0. The molecule has 4 amide bonds. The van der Waals surface area contributed by atoms with Gasteiger partial charge < -0.3 is 14.2 Å². The highest BCUT2D eigenvalue weighted by molar-refractivity contribution is 6.16. The second-order valence-electron chi connectivity index (χ2n) is 8.77. The van der Waals surface area contributed by atoms with E-state index in [2.05, 4.69) is 19.7 Å². The zero-order valence-corrected chi connectivity index (χ0v) is 21.8. The van der Waals surface area contributed by atoms with E-state index in [0.29, 0.717) is 12.8 Å². The van der Waals surface area contributed by atoms with Crippen LogP contribution in [0.2, 0.25) is 0 Å². The smallest absolute Gasteiger partial charge is 0.333 e. The molecule has 0 atom stereocenters. The Morgan fingerprint density at radius 1 is 0.649 bits per heavy atom. The lowest BCUT2D eigenvalue weighted by Crippen LogP contribution is -2.60. The number of rotatable bonds is 16. The fraction of sp³-hybridized carbons (Fsp3) is 0.538. The predicted octanol–water partition coefficient (Wildman–Crippen LogP) is 2.70. The van der Waals surface area contributed by atoms with E-state index in [1.165, 1.54) is 20.8 Å². The summed E-state index contributed by atoms with van der Waals surface area (Å²) in [6, 6.07) is -0.779. The van der Waals surface area contributed by atoms with Crippen LogP contribution in [0, 0.1) is 5.92 Å². The minimum Gasteiger partial charge on any atom is -0.462 e. The summed E-state index contributed by atoms with van der Waals surface area (Å²) in [6.45, 7) is 14.9. The van der Waals surface area contributed by atoms with Crippen molar-refractivity contribution in [2.45, 2.75) is 52.9 Å². The Labute approximate surface area is 217 Å². The molecule has 0 bridgehead atoms. The predicted molar refractivity (Wildman–Crippen MR) is 133 cm³/mol. The Hall–Kier alpha value is -3.76. The maximum absolute atomic E-state index is 13.0. The summed E-state index contributed by atoms with van der Waals surface area (Å²) in [4.78, 5) is 75.6. The number of carbonyl (C=O) groups excluding carboxylic acids is 6. The molecule has 1 aliphatic rings. The number of hydrogen-bond donors (Lipinski definition) is 0. The van der Waals surface area contributed by atoms with Gasteiger partial charge in [-0.25, -0.2) is 19.2 Å². The van der Waals surface area contributed by atoms with E-state index >= 15 is 0 Å². The van der Waals surface area contributed by atoms with Crippen LogP contribution in [0.5, 0.6) is 0 Å². The minimum absolute atomic E-state index is 0.0354. The van der Waals surface area contributed by atoms with Crippen molar-refractivity contribution in [3.05, 3.63) is 36.5 Å². The van der Waals surface area contributed by atoms with Gasteiger partial charge in [0.05, 0.1) is 19.8 Å². The Bertz CT molecular complexity index is 898. The second kappa shape index (κ2) is 15.4. The van der Waals surface area contributed by atoms with Gasteiger partial charge in [-0.05, 0) is 52.9 Å². The highest BCUT2D eigenvalue weighted by atomic mass is 16.5. The number of esters is 3. The van der Waals surface area contributed by atoms with E-state index in [1.807, 2.05) is 0 Å². The number of ether oxygens (including phenoxy) is 3. The van der Waals surface area contributed by atoms with Gasteiger partial charge in [0, 0.05) is 29.8 Å². The number of hydrogen-bond acceptors (Lipinski definition) is 9. The van der Waals surface area contributed by atoms with Crippen LogP contribution in [-0.4, -0.2) is 78.5 Å². The molecule has 37 heavy (non-hydrogen) atoms. The van der Waals surface area contributed by atoms with Crippen LogP contribution in [0.25, 0.3) is 0 Å². The zero-order chi connectivity index (χ0) is 28.1. The molecular formula is C26H36N2O9. The van der Waals surface area contributed by atoms with Crippen LogP contribution >= 0.6 is 0 Å². The lowest BCUT2D eigenvalue weighted by molar-refractivity contribution is -0.150. The largest absolute Gasteiger partial charge is 0.462 e. The highest BCUT2D eigenvalue weighted by Crippen LogP contribution is 2.23. The molecule has 1 rings (SSSR count). The normalized spacial score (nSPS) is 13.9. The van der Waals surface area contributed by atoms with Gasteiger partial charge in [0.25, 0.3) is 0 Å². The maximum Gasteiger partial charge on any atom is 0.333 e. The van der Waals surface area contributed by atoms with E-state index in [9.17, 15) is 28.8 Å². The first kappa shape index (κ1) is 31.3. The Balaban J connectivity index is 2.81. The number of carbonyl (C=O) groups is 6. The van der Waals surface area contributed by atoms with Crippen molar-refractivity contribution in [2.24, 2.45) is 5.92 Å². The number of barbiturate groups is 1. The molecule has 0 aromatic rings. The van der Waals surface area contributed by atoms with Crippen LogP contribution in [0.1, 0.15) is 52.9 Å². The fourth-order valence-corrected chi connectivity index (χ4v) is 3.23. The van der Waals surface area contributed by atoms with Gasteiger partial charge in [-0.15, -0.1) is 0 Å². The van der Waals surface area contributed by atoms with E-state index in [4.69, 9.17) is 14.2 Å². The lowest BCUT2D eigenvalue weighted by atomic mass is 9.96. The van der Waals surface area contributed by atoms with Crippen molar-refractivity contribution >= 4 is 35.8 Å². The molecule has 0 radical (unpaired) electrons. The molecule has 0 aromatic carbocycles. The Kier molecular flexibility index (Phi) is 13.0. The van der Waals surface area contributed by atoms with Crippen LogP contribution in [0.3, 0.4) is 0 Å². The Morgan fingerprint density at radius 3 is 1.35 bits per heavy atom. The first-order valence-electron chi connectivity index (χ1n) is 12.0. The average Bonchev–Trinajstić information content (AvgIpc) is 2.83. The molecule has 0 N–H and O–H groups in total. The summed E-state index contributed by atoms with van der Waals surface area (Å²) >= 11 is 0. The van der Waals surface area contributed by atoms with Crippen LogP contribution in [0.4, 0.5) is 4.79 Å². The lowest BCUT2D eigenvalue weighted by Gasteiger charge is -2.37. The molecular weight excluding hydrogens is 484 g/mol. The van der Waals surface area contributed by atoms with Gasteiger partial charge in [0.2, 0.25) is 11.8 Å². The molecule has 1 aliphatic heterocycles. The quantitative estimate of drug-likeness (QED) is 0.0989. The molecule has 11 nitrogen and oxygen atoms in total. The molecule has 0 aromatic heterocycles. The summed E-state index contributed by atoms with van der Waals surface area (Å²) in [5.74, 6) is -4.04. The third kappa shape index (κ3) is 10.0. The molecule has 204 valence electrons. The van der Waals surface area contributed by atoms with Gasteiger partial charge in [-0.3, -0.25) is 19.4 Å². The monoisotopic (exact) mass is 520 g/mol. The van der Waals surface area contributed by atoms with Crippen molar-refractivity contribution in [3.63, 3.8) is 0 Å². The van der Waals surface area contributed by atoms with Crippen molar-refractivity contribution in [3.8, 4) is 0 Å². The maximum atomic E-state index is 13.0. The summed E-state index contributed by atoms with van der Waals surface area (Å²) in [6.07, 6.45) is 1.32. The van der Waals surface area contributed by atoms with Crippen molar-refractivity contribution in [2.75, 3.05) is 32.9 Å². The summed E-state index contributed by atoms with van der Waals surface area (Å²) in [5, 5.41) is 0. The van der Waals surface area contributed by atoms with Crippen LogP contribution < -0.4 is 0 Å². The molecule has 0 spiro atoms. The first-order chi connectivity index (χ1) is 17.4. The van der Waals surface area contributed by atoms with E-state index in [0.717, 1.165) is 9.80 Å². The molecule has 0 unspecified atom stereocenters. The highest BCUT2D eigenvalue weighted by Gasteiger charge is 2.44. The van der Waals surface area contributed by atoms with Gasteiger partial charge in [-0.1, -0.05) is 19.7 Å². The van der Waals surface area contributed by atoms with Crippen molar-refractivity contribution in [1.29, 1.82) is 0 Å². The third-order valence-corrected chi connectivity index (χ3v) is 5.27. The van der Waals surface area contributed by atoms with Gasteiger partial charge in [0.15, 0.2) is 0 Å². The molecule has 1 fully saturated rings. The molecule has 11 heteroatoms. The molecule has 0 saturated carbocycles. The standard InChI is InChI=1S/C26H36N2O9/c1-17(2)23(31)35-14-8-7-11-20-21(29)27(12-9-15-36-24(32)18(3)4)26(34)28(22(20)30)13-10-16-37-25(33)19(5)6/h20H,1,3,5,7-16H2,2,4,6H3. The average molecular weight is 521 g/mol.